The number of carbonyl (C=O) groups excluding carboxylic acids is 3. The first kappa shape index (κ1) is 37.9. The normalized spacial score (nSPS) is 20.8. The molecule has 3 amide bonds. The summed E-state index contributed by atoms with van der Waals surface area (Å²) >= 11 is 0. The second-order valence-electron chi connectivity index (χ2n) is 15.9. The van der Waals surface area contributed by atoms with Gasteiger partial charge in [0.05, 0.1) is 24.3 Å². The van der Waals surface area contributed by atoms with Crippen molar-refractivity contribution in [2.45, 2.75) is 75.3 Å². The van der Waals surface area contributed by atoms with E-state index in [4.69, 9.17) is 4.98 Å². The molecular weight excluding hydrogens is 719 g/mol. The molecule has 1 aliphatic carbocycles. The standard InChI is InChI=1S/C41H50F2N10O3/c1-49(2)39(56)34-23-28-24-45-40(48-37(28)53(34)31-8-3-4-9-31)46-35-12-10-32(25-44-35)52-20-18-51(19-21-52)30-14-16-50(17-15-30)26-41(42,43)29-7-5-6-27(22-29)33-11-13-36(54)47-38(33)55/h5-7,10,12,22-25,30-31,33H,3-4,8-9,11,13-21,26H2,1-2H3,(H,47,54,55)(H,44,45,46,48). The Morgan fingerprint density at radius 3 is 2.38 bits per heavy atom. The molecule has 2 N–H and O–H groups in total. The number of nitrogens with one attached hydrogen (secondary N) is 2. The first-order valence-corrected chi connectivity index (χ1v) is 19.9. The molecular formula is C41H50F2N10O3. The highest BCUT2D eigenvalue weighted by atomic mass is 19.3. The topological polar surface area (TPSA) is 132 Å². The van der Waals surface area contributed by atoms with Crippen LogP contribution < -0.4 is 15.5 Å². The number of hydrogen-bond acceptors (Lipinski definition) is 10. The van der Waals surface area contributed by atoms with Gasteiger partial charge in [0.1, 0.15) is 17.2 Å². The molecule has 4 aliphatic rings. The van der Waals surface area contributed by atoms with Gasteiger partial charge in [0, 0.05) is 75.9 Å². The van der Waals surface area contributed by atoms with Crippen molar-refractivity contribution in [2.75, 3.05) is 70.1 Å². The number of imide groups is 1. The van der Waals surface area contributed by atoms with Gasteiger partial charge in [-0.3, -0.25) is 29.5 Å². The minimum Gasteiger partial charge on any atom is -0.368 e. The Labute approximate surface area is 325 Å². The number of aromatic nitrogens is 4. The number of fused-ring (bicyclic) bond motifs is 1. The van der Waals surface area contributed by atoms with E-state index in [0.29, 0.717) is 48.6 Å². The average molecular weight is 769 g/mol. The van der Waals surface area contributed by atoms with Gasteiger partial charge in [0.25, 0.3) is 11.8 Å². The zero-order valence-corrected chi connectivity index (χ0v) is 32.1. The van der Waals surface area contributed by atoms with E-state index in [2.05, 4.69) is 41.0 Å². The van der Waals surface area contributed by atoms with Gasteiger partial charge in [0.2, 0.25) is 17.8 Å². The number of hydrogen-bond donors (Lipinski definition) is 2. The predicted octanol–water partition coefficient (Wildman–Crippen LogP) is 5.29. The van der Waals surface area contributed by atoms with Crippen LogP contribution in [-0.4, -0.2) is 118 Å². The van der Waals surface area contributed by atoms with Crippen LogP contribution in [0.25, 0.3) is 11.0 Å². The van der Waals surface area contributed by atoms with Crippen LogP contribution in [0, 0.1) is 0 Å². The van der Waals surface area contributed by atoms with Crippen molar-refractivity contribution in [1.29, 1.82) is 0 Å². The van der Waals surface area contributed by atoms with Crippen molar-refractivity contribution in [3.05, 3.63) is 71.7 Å². The van der Waals surface area contributed by atoms with E-state index in [0.717, 1.165) is 81.4 Å². The number of pyridine rings is 1. The Bertz CT molecular complexity index is 2070. The van der Waals surface area contributed by atoms with Gasteiger partial charge < -0.3 is 19.7 Å². The maximum Gasteiger partial charge on any atom is 0.285 e. The molecule has 15 heteroatoms. The Balaban J connectivity index is 0.827. The third-order valence-corrected chi connectivity index (χ3v) is 12.0. The lowest BCUT2D eigenvalue weighted by atomic mass is 9.89. The SMILES string of the molecule is CN(C)C(=O)c1cc2cnc(Nc3ccc(N4CCN(C5CCN(CC(F)(F)c6cccc(C7CCC(=O)NC7=O)c6)CC5)CC4)cn3)nc2n1C1CCCC1. The average Bonchev–Trinajstić information content (AvgIpc) is 3.86. The number of carbonyl (C=O) groups is 3. The lowest BCUT2D eigenvalue weighted by Crippen LogP contribution is -2.54. The molecule has 1 atom stereocenters. The van der Waals surface area contributed by atoms with Crippen molar-refractivity contribution < 1.29 is 23.2 Å². The number of amides is 3. The summed E-state index contributed by atoms with van der Waals surface area (Å²) in [6, 6.07) is 12.6. The van der Waals surface area contributed by atoms with Crippen LogP contribution in [0.4, 0.5) is 26.2 Å². The predicted molar refractivity (Wildman–Crippen MR) is 209 cm³/mol. The summed E-state index contributed by atoms with van der Waals surface area (Å²) in [6.07, 6.45) is 10.2. The summed E-state index contributed by atoms with van der Waals surface area (Å²) in [5.74, 6) is -3.37. The molecule has 0 spiro atoms. The monoisotopic (exact) mass is 768 g/mol. The second-order valence-corrected chi connectivity index (χ2v) is 15.9. The zero-order valence-electron chi connectivity index (χ0n) is 32.1. The molecule has 13 nitrogen and oxygen atoms in total. The molecule has 56 heavy (non-hydrogen) atoms. The van der Waals surface area contributed by atoms with Gasteiger partial charge in [-0.15, -0.1) is 0 Å². The van der Waals surface area contributed by atoms with Crippen molar-refractivity contribution in [1.82, 2.24) is 39.5 Å². The van der Waals surface area contributed by atoms with Crippen LogP contribution in [-0.2, 0) is 15.5 Å². The fourth-order valence-electron chi connectivity index (χ4n) is 8.91. The van der Waals surface area contributed by atoms with E-state index in [1.54, 1.807) is 37.3 Å². The Morgan fingerprint density at radius 2 is 1.68 bits per heavy atom. The van der Waals surface area contributed by atoms with Crippen molar-refractivity contribution >= 4 is 46.2 Å². The third-order valence-electron chi connectivity index (χ3n) is 12.0. The number of piperazine rings is 1. The molecule has 4 fully saturated rings. The van der Waals surface area contributed by atoms with Crippen LogP contribution in [0.3, 0.4) is 0 Å². The summed E-state index contributed by atoms with van der Waals surface area (Å²) in [5, 5.41) is 6.42. The molecule has 8 rings (SSSR count). The van der Waals surface area contributed by atoms with Gasteiger partial charge in [-0.1, -0.05) is 31.0 Å². The van der Waals surface area contributed by atoms with E-state index in [-0.39, 0.29) is 36.4 Å². The number of anilines is 3. The first-order chi connectivity index (χ1) is 27.0. The number of rotatable bonds is 10. The number of halogens is 2. The fraction of sp³-hybridized carbons (Fsp3) is 0.512. The lowest BCUT2D eigenvalue weighted by molar-refractivity contribution is -0.134. The highest BCUT2D eigenvalue weighted by Gasteiger charge is 2.38. The van der Waals surface area contributed by atoms with Crippen LogP contribution in [0.5, 0.6) is 0 Å². The van der Waals surface area contributed by atoms with Crippen molar-refractivity contribution in [2.24, 2.45) is 0 Å². The number of benzene rings is 1. The molecule has 0 bridgehead atoms. The van der Waals surface area contributed by atoms with Crippen LogP contribution >= 0.6 is 0 Å². The molecule has 0 radical (unpaired) electrons. The summed E-state index contributed by atoms with van der Waals surface area (Å²) in [5.41, 5.74) is 2.87. The molecule has 1 aromatic carbocycles. The van der Waals surface area contributed by atoms with Gasteiger partial charge in [0.15, 0.2) is 0 Å². The molecule has 1 saturated carbocycles. The van der Waals surface area contributed by atoms with Gasteiger partial charge in [-0.25, -0.2) is 9.97 Å². The smallest absolute Gasteiger partial charge is 0.285 e. The summed E-state index contributed by atoms with van der Waals surface area (Å²) in [7, 11) is 3.54. The van der Waals surface area contributed by atoms with Crippen LogP contribution in [0.15, 0.2) is 54.9 Å². The van der Waals surface area contributed by atoms with Gasteiger partial charge in [-0.05, 0) is 75.0 Å². The first-order valence-electron chi connectivity index (χ1n) is 19.9. The zero-order chi connectivity index (χ0) is 39.0. The maximum atomic E-state index is 15.6. The highest BCUT2D eigenvalue weighted by Crippen LogP contribution is 2.36. The quantitative estimate of drug-likeness (QED) is 0.206. The maximum absolute atomic E-state index is 15.6. The molecule has 296 valence electrons. The van der Waals surface area contributed by atoms with Gasteiger partial charge in [-0.2, -0.15) is 13.8 Å². The number of piperidine rings is 2. The number of nitrogens with zero attached hydrogens (tertiary/aromatic N) is 8. The van der Waals surface area contributed by atoms with Crippen LogP contribution in [0.2, 0.25) is 0 Å². The van der Waals surface area contributed by atoms with E-state index in [1.807, 2.05) is 23.2 Å². The van der Waals surface area contributed by atoms with Crippen LogP contribution in [0.1, 0.15) is 84.9 Å². The Morgan fingerprint density at radius 1 is 0.911 bits per heavy atom. The minimum atomic E-state index is -3.06. The van der Waals surface area contributed by atoms with E-state index in [1.165, 1.54) is 12.1 Å². The molecule has 6 heterocycles. The second kappa shape index (κ2) is 15.8. The summed E-state index contributed by atoms with van der Waals surface area (Å²) in [6.45, 7) is 4.32. The molecule has 3 aromatic heterocycles. The number of likely N-dealkylation sites (tertiary alicyclic amines) is 1. The summed E-state index contributed by atoms with van der Waals surface area (Å²) < 4.78 is 33.2. The Hall–Kier alpha value is -5.02. The molecule has 1 unspecified atom stereocenters. The minimum absolute atomic E-state index is 0.0412. The molecule has 3 aliphatic heterocycles. The number of alkyl halides is 2. The van der Waals surface area contributed by atoms with Gasteiger partial charge >= 0.3 is 0 Å². The lowest BCUT2D eigenvalue weighted by Gasteiger charge is -2.43. The third kappa shape index (κ3) is 7.97. The van der Waals surface area contributed by atoms with E-state index >= 15 is 8.78 Å². The molecule has 3 saturated heterocycles. The fourth-order valence-corrected chi connectivity index (χ4v) is 8.91. The highest BCUT2D eigenvalue weighted by molar-refractivity contribution is 6.01. The molecule has 4 aromatic rings. The van der Waals surface area contributed by atoms with Crippen molar-refractivity contribution in [3.63, 3.8) is 0 Å². The van der Waals surface area contributed by atoms with Crippen molar-refractivity contribution in [3.8, 4) is 0 Å². The van der Waals surface area contributed by atoms with E-state index < -0.39 is 17.7 Å². The largest absolute Gasteiger partial charge is 0.368 e. The Kier molecular flexibility index (Phi) is 10.7. The summed E-state index contributed by atoms with van der Waals surface area (Å²) in [4.78, 5) is 59.3. The van der Waals surface area contributed by atoms with E-state index in [9.17, 15) is 14.4 Å².